The number of aryl methyl sites for hydroxylation is 1. The molecule has 30 heavy (non-hydrogen) atoms. The van der Waals surface area contributed by atoms with Crippen LogP contribution in [0.4, 0.5) is 13.2 Å². The second-order valence-corrected chi connectivity index (χ2v) is 7.27. The first-order valence-corrected chi connectivity index (χ1v) is 9.33. The lowest BCUT2D eigenvalue weighted by Gasteiger charge is -2.35. The van der Waals surface area contributed by atoms with Gasteiger partial charge < -0.3 is 10.6 Å². The summed E-state index contributed by atoms with van der Waals surface area (Å²) < 4.78 is 42.2. The predicted octanol–water partition coefficient (Wildman–Crippen LogP) is 2.73. The minimum absolute atomic E-state index is 0. The first-order valence-electron chi connectivity index (χ1n) is 9.33. The summed E-state index contributed by atoms with van der Waals surface area (Å²) in [4.78, 5) is 18.4. The van der Waals surface area contributed by atoms with E-state index in [4.69, 9.17) is 0 Å². The third-order valence-corrected chi connectivity index (χ3v) is 4.92. The molecule has 7 nitrogen and oxygen atoms in total. The Morgan fingerprint density at radius 1 is 1.27 bits per heavy atom. The largest absolute Gasteiger partial charge is 0.405 e. The first kappa shape index (κ1) is 26.4. The van der Waals surface area contributed by atoms with Crippen LogP contribution in [0.1, 0.15) is 35.9 Å². The van der Waals surface area contributed by atoms with E-state index in [0.29, 0.717) is 42.9 Å². The van der Waals surface area contributed by atoms with Gasteiger partial charge in [0.05, 0.1) is 17.5 Å². The van der Waals surface area contributed by atoms with Gasteiger partial charge in [0.1, 0.15) is 6.04 Å². The van der Waals surface area contributed by atoms with E-state index < -0.39 is 24.7 Å². The summed E-state index contributed by atoms with van der Waals surface area (Å²) in [6.07, 6.45) is -2.81. The van der Waals surface area contributed by atoms with Crippen LogP contribution >= 0.6 is 24.8 Å². The summed E-state index contributed by atoms with van der Waals surface area (Å²) in [6.45, 7) is 6.70. The number of aromatic nitrogens is 3. The lowest BCUT2D eigenvalue weighted by Crippen LogP contribution is -2.57. The van der Waals surface area contributed by atoms with Gasteiger partial charge in [0, 0.05) is 44.2 Å². The van der Waals surface area contributed by atoms with Crippen LogP contribution < -0.4 is 10.6 Å². The molecule has 1 saturated heterocycles. The van der Waals surface area contributed by atoms with Gasteiger partial charge in [0.25, 0.3) is 5.91 Å². The molecule has 0 aliphatic carbocycles. The minimum atomic E-state index is -4.42. The monoisotopic (exact) mass is 470 g/mol. The second kappa shape index (κ2) is 10.6. The standard InChI is InChI=1S/C18H25F3N6O.2ClH/c1-11(2)27-16-13(9-24-27)8-14(12(3)25-16)17(28)23-10-15(18(19,20)21)26-6-4-22-5-7-26;;/h8-9,11,15,22H,4-7,10H2,1-3H3,(H,23,28);2*1H. The molecule has 1 unspecified atom stereocenters. The van der Waals surface area contributed by atoms with Crippen LogP contribution in [0.5, 0.6) is 0 Å². The SMILES string of the molecule is Cc1nc2c(cnn2C(C)C)cc1C(=O)NCC(N1CCNCC1)C(F)(F)F.Cl.Cl. The number of alkyl halides is 3. The highest BCUT2D eigenvalue weighted by molar-refractivity contribution is 5.98. The fraction of sp³-hybridized carbons (Fsp3) is 0.611. The molecule has 0 aromatic carbocycles. The molecule has 1 atom stereocenters. The van der Waals surface area contributed by atoms with Crippen molar-refractivity contribution in [1.82, 2.24) is 30.3 Å². The van der Waals surface area contributed by atoms with E-state index in [-0.39, 0.29) is 36.4 Å². The molecule has 0 radical (unpaired) electrons. The Morgan fingerprint density at radius 3 is 2.47 bits per heavy atom. The third kappa shape index (κ3) is 5.75. The van der Waals surface area contributed by atoms with Crippen LogP contribution in [-0.2, 0) is 0 Å². The maximum absolute atomic E-state index is 13.5. The summed E-state index contributed by atoms with van der Waals surface area (Å²) in [7, 11) is 0. The summed E-state index contributed by atoms with van der Waals surface area (Å²) in [5.74, 6) is -0.561. The van der Waals surface area contributed by atoms with Crippen molar-refractivity contribution in [3.8, 4) is 0 Å². The van der Waals surface area contributed by atoms with Crippen LogP contribution in [0, 0.1) is 6.92 Å². The molecule has 1 aliphatic heterocycles. The van der Waals surface area contributed by atoms with Crippen molar-refractivity contribution >= 4 is 41.8 Å². The Balaban J connectivity index is 0.00000225. The van der Waals surface area contributed by atoms with Crippen molar-refractivity contribution in [2.75, 3.05) is 32.7 Å². The number of amides is 1. The number of nitrogens with zero attached hydrogens (tertiary/aromatic N) is 4. The van der Waals surface area contributed by atoms with Crippen molar-refractivity contribution in [1.29, 1.82) is 0 Å². The molecule has 1 amide bonds. The van der Waals surface area contributed by atoms with Crippen molar-refractivity contribution in [2.24, 2.45) is 0 Å². The van der Waals surface area contributed by atoms with Gasteiger partial charge in [-0.05, 0) is 26.8 Å². The highest BCUT2D eigenvalue weighted by Crippen LogP contribution is 2.25. The average molecular weight is 471 g/mol. The zero-order valence-electron chi connectivity index (χ0n) is 17.0. The lowest BCUT2D eigenvalue weighted by molar-refractivity contribution is -0.183. The van der Waals surface area contributed by atoms with Crippen molar-refractivity contribution in [3.05, 3.63) is 23.5 Å². The third-order valence-electron chi connectivity index (χ3n) is 4.92. The fourth-order valence-electron chi connectivity index (χ4n) is 3.40. The number of nitrogens with one attached hydrogen (secondary N) is 2. The molecule has 12 heteroatoms. The molecule has 3 rings (SSSR count). The van der Waals surface area contributed by atoms with Crippen LogP contribution in [-0.4, -0.2) is 70.5 Å². The number of halogens is 5. The van der Waals surface area contributed by atoms with Gasteiger partial charge in [0.15, 0.2) is 5.65 Å². The van der Waals surface area contributed by atoms with Crippen LogP contribution in [0.2, 0.25) is 0 Å². The van der Waals surface area contributed by atoms with Crippen molar-refractivity contribution < 1.29 is 18.0 Å². The van der Waals surface area contributed by atoms with E-state index in [1.54, 1.807) is 23.9 Å². The number of piperazine rings is 1. The molecule has 2 aromatic heterocycles. The quantitative estimate of drug-likeness (QED) is 0.702. The molecule has 0 bridgehead atoms. The highest BCUT2D eigenvalue weighted by atomic mass is 35.5. The van der Waals surface area contributed by atoms with Gasteiger partial charge in [-0.2, -0.15) is 18.3 Å². The van der Waals surface area contributed by atoms with E-state index in [1.807, 2.05) is 13.8 Å². The van der Waals surface area contributed by atoms with Gasteiger partial charge in [0.2, 0.25) is 0 Å². The maximum atomic E-state index is 13.5. The van der Waals surface area contributed by atoms with E-state index >= 15 is 0 Å². The average Bonchev–Trinajstić information content (AvgIpc) is 3.03. The Kier molecular flexibility index (Phi) is 9.34. The molecule has 0 saturated carbocycles. The Hall–Kier alpha value is -1.62. The van der Waals surface area contributed by atoms with Crippen LogP contribution in [0.3, 0.4) is 0 Å². The summed E-state index contributed by atoms with van der Waals surface area (Å²) in [5, 5.41) is 10.4. The van der Waals surface area contributed by atoms with Gasteiger partial charge in [-0.3, -0.25) is 9.69 Å². The summed E-state index contributed by atoms with van der Waals surface area (Å²) in [5.41, 5.74) is 1.37. The lowest BCUT2D eigenvalue weighted by atomic mass is 10.1. The minimum Gasteiger partial charge on any atom is -0.350 e. The van der Waals surface area contributed by atoms with Crippen molar-refractivity contribution in [2.45, 2.75) is 39.0 Å². The Morgan fingerprint density at radius 2 is 1.90 bits per heavy atom. The van der Waals surface area contributed by atoms with E-state index in [9.17, 15) is 18.0 Å². The highest BCUT2D eigenvalue weighted by Gasteiger charge is 2.43. The molecule has 3 heterocycles. The maximum Gasteiger partial charge on any atom is 0.405 e. The van der Waals surface area contributed by atoms with Crippen molar-refractivity contribution in [3.63, 3.8) is 0 Å². The number of pyridine rings is 1. The molecular formula is C18H27Cl2F3N6O. The van der Waals surface area contributed by atoms with E-state index in [2.05, 4.69) is 20.7 Å². The topological polar surface area (TPSA) is 75.1 Å². The zero-order chi connectivity index (χ0) is 20.5. The van der Waals surface area contributed by atoms with Crippen LogP contribution in [0.15, 0.2) is 12.3 Å². The molecule has 2 N–H and O–H groups in total. The number of fused-ring (bicyclic) bond motifs is 1. The zero-order valence-corrected chi connectivity index (χ0v) is 18.6. The number of rotatable bonds is 5. The second-order valence-electron chi connectivity index (χ2n) is 7.27. The van der Waals surface area contributed by atoms with Gasteiger partial charge in [-0.25, -0.2) is 9.67 Å². The summed E-state index contributed by atoms with van der Waals surface area (Å²) >= 11 is 0. The van der Waals surface area contributed by atoms with Gasteiger partial charge in [-0.15, -0.1) is 24.8 Å². The molecule has 0 spiro atoms. The molecule has 2 aromatic rings. The molecular weight excluding hydrogens is 444 g/mol. The predicted molar refractivity (Wildman–Crippen MR) is 114 cm³/mol. The van der Waals surface area contributed by atoms with Crippen LogP contribution in [0.25, 0.3) is 11.0 Å². The van der Waals surface area contributed by atoms with E-state index in [1.165, 1.54) is 4.90 Å². The van der Waals surface area contributed by atoms with E-state index in [0.717, 1.165) is 0 Å². The van der Waals surface area contributed by atoms with Gasteiger partial charge >= 0.3 is 6.18 Å². The van der Waals surface area contributed by atoms with Gasteiger partial charge in [-0.1, -0.05) is 0 Å². The molecule has 170 valence electrons. The smallest absolute Gasteiger partial charge is 0.350 e. The number of hydrogen-bond donors (Lipinski definition) is 2. The number of hydrogen-bond acceptors (Lipinski definition) is 5. The molecule has 1 fully saturated rings. The number of carbonyl (C=O) groups is 1. The Bertz CT molecular complexity index is 852. The first-order chi connectivity index (χ1) is 13.2. The molecule has 1 aliphatic rings. The normalized spacial score (nSPS) is 16.1. The fourth-order valence-corrected chi connectivity index (χ4v) is 3.40. The number of carbonyl (C=O) groups excluding carboxylic acids is 1. The Labute approximate surface area is 185 Å². The summed E-state index contributed by atoms with van der Waals surface area (Å²) in [6, 6.07) is 0.0293.